The lowest BCUT2D eigenvalue weighted by molar-refractivity contribution is 0.102. The zero-order valence-electron chi connectivity index (χ0n) is 12.1. The van der Waals surface area contributed by atoms with E-state index in [-0.39, 0.29) is 5.91 Å². The molecule has 0 radical (unpaired) electrons. The van der Waals surface area contributed by atoms with E-state index in [1.165, 1.54) is 6.20 Å². The molecule has 0 aliphatic heterocycles. The van der Waals surface area contributed by atoms with E-state index in [1.807, 2.05) is 19.1 Å². The first-order valence-corrected chi connectivity index (χ1v) is 7.54. The second-order valence-corrected chi connectivity index (χ2v) is 5.71. The largest absolute Gasteiger partial charge is 0.306 e. The number of aromatic nitrogens is 3. The number of rotatable bonds is 3. The molecule has 2 heterocycles. The number of aryl methyl sites for hydroxylation is 1. The molecule has 3 aromatic rings. The molecule has 116 valence electrons. The average molecular weight is 347 g/mol. The summed E-state index contributed by atoms with van der Waals surface area (Å²) in [5, 5.41) is 8.14. The fraction of sp³-hybridized carbons (Fsp3) is 0.0625. The number of hydrogen-bond donors (Lipinski definition) is 1. The van der Waals surface area contributed by atoms with Crippen molar-refractivity contribution in [1.82, 2.24) is 14.8 Å². The number of halogens is 2. The van der Waals surface area contributed by atoms with E-state index in [9.17, 15) is 4.79 Å². The zero-order chi connectivity index (χ0) is 16.4. The number of carbonyl (C=O) groups excluding carboxylic acids is 1. The van der Waals surface area contributed by atoms with Crippen LogP contribution in [0.5, 0.6) is 0 Å². The topological polar surface area (TPSA) is 59.8 Å². The molecule has 23 heavy (non-hydrogen) atoms. The van der Waals surface area contributed by atoms with Gasteiger partial charge in [0.1, 0.15) is 11.0 Å². The maximum atomic E-state index is 12.3. The Bertz CT molecular complexity index is 859. The first-order chi connectivity index (χ1) is 11.0. The van der Waals surface area contributed by atoms with Crippen molar-refractivity contribution in [3.05, 3.63) is 70.1 Å². The minimum absolute atomic E-state index is 0.294. The van der Waals surface area contributed by atoms with Crippen molar-refractivity contribution in [2.45, 2.75) is 6.92 Å². The van der Waals surface area contributed by atoms with Gasteiger partial charge in [0.2, 0.25) is 0 Å². The van der Waals surface area contributed by atoms with Crippen molar-refractivity contribution in [1.29, 1.82) is 0 Å². The lowest BCUT2D eigenvalue weighted by atomic mass is 10.2. The highest BCUT2D eigenvalue weighted by molar-refractivity contribution is 6.30. The van der Waals surface area contributed by atoms with Crippen molar-refractivity contribution in [3.63, 3.8) is 0 Å². The van der Waals surface area contributed by atoms with Crippen LogP contribution in [-0.4, -0.2) is 20.7 Å². The molecule has 0 spiro atoms. The third-order valence-corrected chi connectivity index (χ3v) is 3.57. The Hall–Kier alpha value is -2.37. The molecule has 0 unspecified atom stereocenters. The summed E-state index contributed by atoms with van der Waals surface area (Å²) >= 11 is 11.8. The van der Waals surface area contributed by atoms with E-state index in [2.05, 4.69) is 15.4 Å². The summed E-state index contributed by atoms with van der Waals surface area (Å²) in [6, 6.07) is 12.2. The smallest absolute Gasteiger partial charge is 0.258 e. The van der Waals surface area contributed by atoms with Gasteiger partial charge in [0.15, 0.2) is 0 Å². The number of carbonyl (C=O) groups is 1. The molecule has 0 aliphatic carbocycles. The van der Waals surface area contributed by atoms with Gasteiger partial charge in [-0.3, -0.25) is 4.79 Å². The molecule has 1 amide bonds. The van der Waals surface area contributed by atoms with Crippen LogP contribution in [0.1, 0.15) is 16.1 Å². The molecule has 5 nitrogen and oxygen atoms in total. The number of anilines is 1. The summed E-state index contributed by atoms with van der Waals surface area (Å²) in [5.41, 5.74) is 1.94. The standard InChI is InChI=1S/C16H12Cl2N4O/c1-10-7-15(20-16(23)11-5-6-14(18)19-9-11)22(21-10)13-4-2-3-12(17)8-13/h2-9H,1H3,(H,20,23). The van der Waals surface area contributed by atoms with Crippen LogP contribution in [0.25, 0.3) is 5.69 Å². The van der Waals surface area contributed by atoms with Crippen molar-refractivity contribution < 1.29 is 4.79 Å². The quantitative estimate of drug-likeness (QED) is 0.725. The Labute approximate surface area is 142 Å². The Morgan fingerprint density at radius 3 is 2.70 bits per heavy atom. The fourth-order valence-electron chi connectivity index (χ4n) is 2.09. The molecular weight excluding hydrogens is 335 g/mol. The summed E-state index contributed by atoms with van der Waals surface area (Å²) in [4.78, 5) is 16.2. The summed E-state index contributed by atoms with van der Waals surface area (Å²) < 4.78 is 1.63. The number of nitrogens with zero attached hydrogens (tertiary/aromatic N) is 3. The summed E-state index contributed by atoms with van der Waals surface area (Å²) in [6.45, 7) is 1.85. The van der Waals surface area contributed by atoms with E-state index in [0.717, 1.165) is 11.4 Å². The van der Waals surface area contributed by atoms with E-state index >= 15 is 0 Å². The van der Waals surface area contributed by atoms with Gasteiger partial charge < -0.3 is 5.32 Å². The fourth-order valence-corrected chi connectivity index (χ4v) is 2.39. The van der Waals surface area contributed by atoms with E-state index in [0.29, 0.717) is 21.6 Å². The first-order valence-electron chi connectivity index (χ1n) is 6.78. The number of benzene rings is 1. The molecule has 0 saturated carbocycles. The lowest BCUT2D eigenvalue weighted by Crippen LogP contribution is -2.15. The number of hydrogen-bond acceptors (Lipinski definition) is 3. The molecule has 7 heteroatoms. The minimum Gasteiger partial charge on any atom is -0.306 e. The van der Waals surface area contributed by atoms with Gasteiger partial charge in [-0.25, -0.2) is 9.67 Å². The van der Waals surface area contributed by atoms with Crippen LogP contribution < -0.4 is 5.32 Å². The van der Waals surface area contributed by atoms with Crippen LogP contribution in [0.3, 0.4) is 0 Å². The molecule has 0 saturated heterocycles. The third kappa shape index (κ3) is 3.52. The van der Waals surface area contributed by atoms with Crippen LogP contribution in [0.15, 0.2) is 48.7 Å². The summed E-state index contributed by atoms with van der Waals surface area (Å²) in [5.74, 6) is 0.252. The molecule has 1 aromatic carbocycles. The average Bonchev–Trinajstić information content (AvgIpc) is 2.88. The van der Waals surface area contributed by atoms with Gasteiger partial charge in [0.25, 0.3) is 5.91 Å². The van der Waals surface area contributed by atoms with Crippen molar-refractivity contribution >= 4 is 34.9 Å². The lowest BCUT2D eigenvalue weighted by Gasteiger charge is -2.09. The van der Waals surface area contributed by atoms with E-state index < -0.39 is 0 Å². The molecule has 2 aromatic heterocycles. The van der Waals surface area contributed by atoms with Gasteiger partial charge >= 0.3 is 0 Å². The van der Waals surface area contributed by atoms with Gasteiger partial charge in [-0.15, -0.1) is 0 Å². The molecule has 0 fully saturated rings. The molecule has 0 aliphatic rings. The van der Waals surface area contributed by atoms with Crippen molar-refractivity contribution in [2.24, 2.45) is 0 Å². The number of pyridine rings is 1. The summed E-state index contributed by atoms with van der Waals surface area (Å²) in [6.07, 6.45) is 1.42. The van der Waals surface area contributed by atoms with E-state index in [4.69, 9.17) is 23.2 Å². The van der Waals surface area contributed by atoms with Gasteiger partial charge in [0.05, 0.1) is 16.9 Å². The maximum Gasteiger partial charge on any atom is 0.258 e. The molecule has 3 rings (SSSR count). The second kappa shape index (κ2) is 6.40. The minimum atomic E-state index is -0.294. The Morgan fingerprint density at radius 2 is 2.00 bits per heavy atom. The molecule has 0 bridgehead atoms. The number of amides is 1. The van der Waals surface area contributed by atoms with Gasteiger partial charge in [-0.1, -0.05) is 29.3 Å². The van der Waals surface area contributed by atoms with Crippen LogP contribution in [0.2, 0.25) is 10.2 Å². The Kier molecular flexibility index (Phi) is 4.32. The maximum absolute atomic E-state index is 12.3. The monoisotopic (exact) mass is 346 g/mol. The zero-order valence-corrected chi connectivity index (χ0v) is 13.6. The van der Waals surface area contributed by atoms with Crippen LogP contribution in [-0.2, 0) is 0 Å². The normalized spacial score (nSPS) is 10.6. The third-order valence-electron chi connectivity index (χ3n) is 3.12. The molecule has 0 atom stereocenters. The van der Waals surface area contributed by atoms with Gasteiger partial charge in [0, 0.05) is 17.3 Å². The van der Waals surface area contributed by atoms with E-state index in [1.54, 1.807) is 35.0 Å². The van der Waals surface area contributed by atoms with Crippen molar-refractivity contribution in [3.8, 4) is 5.69 Å². The second-order valence-electron chi connectivity index (χ2n) is 4.89. The summed E-state index contributed by atoms with van der Waals surface area (Å²) in [7, 11) is 0. The SMILES string of the molecule is Cc1cc(NC(=O)c2ccc(Cl)nc2)n(-c2cccc(Cl)c2)n1. The van der Waals surface area contributed by atoms with Crippen molar-refractivity contribution in [2.75, 3.05) is 5.32 Å². The first kappa shape index (κ1) is 15.5. The highest BCUT2D eigenvalue weighted by atomic mass is 35.5. The van der Waals surface area contributed by atoms with Crippen LogP contribution in [0, 0.1) is 6.92 Å². The Morgan fingerprint density at radius 1 is 1.17 bits per heavy atom. The van der Waals surface area contributed by atoms with Gasteiger partial charge in [-0.2, -0.15) is 5.10 Å². The van der Waals surface area contributed by atoms with Gasteiger partial charge in [-0.05, 0) is 37.3 Å². The predicted octanol–water partition coefficient (Wildman–Crippen LogP) is 4.13. The highest BCUT2D eigenvalue weighted by Gasteiger charge is 2.13. The predicted molar refractivity (Wildman–Crippen MR) is 90.5 cm³/mol. The Balaban J connectivity index is 1.91. The highest BCUT2D eigenvalue weighted by Crippen LogP contribution is 2.20. The molecular formula is C16H12Cl2N4O. The van der Waals surface area contributed by atoms with Crippen LogP contribution in [0.4, 0.5) is 5.82 Å². The number of nitrogens with one attached hydrogen (secondary N) is 1. The van der Waals surface area contributed by atoms with Crippen LogP contribution >= 0.6 is 23.2 Å². The molecule has 1 N–H and O–H groups in total.